The molecule has 1 aliphatic carbocycles. The lowest BCUT2D eigenvalue weighted by atomic mass is 10.0. The topological polar surface area (TPSA) is 55.2 Å². The summed E-state index contributed by atoms with van der Waals surface area (Å²) in [5.41, 5.74) is 1.03. The molecule has 1 fully saturated rings. The van der Waals surface area contributed by atoms with Crippen molar-refractivity contribution in [2.24, 2.45) is 16.7 Å². The summed E-state index contributed by atoms with van der Waals surface area (Å²) in [4.78, 5) is 10.5. The van der Waals surface area contributed by atoms with Gasteiger partial charge >= 0.3 is 0 Å². The highest BCUT2D eigenvalue weighted by molar-refractivity contribution is 5.63. The predicted octanol–water partition coefficient (Wildman–Crippen LogP) is 4.14. The molecule has 2 rings (SSSR count). The largest absolute Gasteiger partial charge is 0.379 e. The van der Waals surface area contributed by atoms with Crippen LogP contribution in [0, 0.1) is 39.6 Å². The van der Waals surface area contributed by atoms with Crippen LogP contribution in [0.25, 0.3) is 0 Å². The van der Waals surface area contributed by atoms with E-state index in [0.717, 1.165) is 6.07 Å². The van der Waals surface area contributed by atoms with Crippen LogP contribution in [0.3, 0.4) is 0 Å². The van der Waals surface area contributed by atoms with Gasteiger partial charge in [0.15, 0.2) is 0 Å². The van der Waals surface area contributed by atoms with E-state index in [1.165, 1.54) is 6.07 Å². The Morgan fingerprint density at radius 1 is 1.30 bits per heavy atom. The molecule has 0 spiro atoms. The fraction of sp³-hybridized carbons (Fsp3) is 0.600. The highest BCUT2D eigenvalue weighted by Crippen LogP contribution is 2.68. The van der Waals surface area contributed by atoms with E-state index in [9.17, 15) is 14.5 Å². The Hall–Kier alpha value is -1.65. The molecule has 0 aromatic heterocycles. The average Bonchev–Trinajstić information content (AvgIpc) is 2.70. The van der Waals surface area contributed by atoms with E-state index in [2.05, 4.69) is 33.0 Å². The number of hydrogen-bond donors (Lipinski definition) is 1. The molecule has 1 saturated carbocycles. The first kappa shape index (κ1) is 14.8. The maximum Gasteiger partial charge on any atom is 0.295 e. The van der Waals surface area contributed by atoms with E-state index in [1.54, 1.807) is 6.92 Å². The zero-order chi connectivity index (χ0) is 15.3. The SMILES string of the molecule is Cc1cc(NCC2C(C)(C)C2(C)C)c([N+](=O)[O-])cc1F. The smallest absolute Gasteiger partial charge is 0.295 e. The summed E-state index contributed by atoms with van der Waals surface area (Å²) in [5, 5.41) is 14.1. The normalized spacial score (nSPS) is 19.7. The zero-order valence-electron chi connectivity index (χ0n) is 12.6. The summed E-state index contributed by atoms with van der Waals surface area (Å²) >= 11 is 0. The second-order valence-electron chi connectivity index (χ2n) is 6.75. The summed E-state index contributed by atoms with van der Waals surface area (Å²) in [6, 6.07) is 2.50. The van der Waals surface area contributed by atoms with E-state index in [0.29, 0.717) is 23.7 Å². The lowest BCUT2D eigenvalue weighted by Crippen LogP contribution is -2.10. The van der Waals surface area contributed by atoms with Crippen LogP contribution in [-0.4, -0.2) is 11.5 Å². The van der Waals surface area contributed by atoms with Crippen molar-refractivity contribution in [3.8, 4) is 0 Å². The summed E-state index contributed by atoms with van der Waals surface area (Å²) in [5.74, 6) is -0.103. The zero-order valence-corrected chi connectivity index (χ0v) is 12.6. The molecule has 5 heteroatoms. The maximum atomic E-state index is 13.4. The van der Waals surface area contributed by atoms with Crippen molar-refractivity contribution in [2.75, 3.05) is 11.9 Å². The van der Waals surface area contributed by atoms with Crippen LogP contribution < -0.4 is 5.32 Å². The van der Waals surface area contributed by atoms with Gasteiger partial charge in [-0.15, -0.1) is 0 Å². The van der Waals surface area contributed by atoms with Crippen LogP contribution >= 0.6 is 0 Å². The number of anilines is 1. The highest BCUT2D eigenvalue weighted by Gasteiger charge is 2.64. The fourth-order valence-corrected chi connectivity index (χ4v) is 3.02. The molecule has 1 aliphatic rings. The average molecular weight is 280 g/mol. The number of nitro benzene ring substituents is 1. The van der Waals surface area contributed by atoms with Crippen LogP contribution in [0.1, 0.15) is 33.3 Å². The van der Waals surface area contributed by atoms with Crippen LogP contribution in [0.4, 0.5) is 15.8 Å². The molecule has 0 heterocycles. The number of hydrogen-bond acceptors (Lipinski definition) is 3. The minimum atomic E-state index is -0.548. The Morgan fingerprint density at radius 2 is 1.85 bits per heavy atom. The third-order valence-corrected chi connectivity index (χ3v) is 5.29. The van der Waals surface area contributed by atoms with E-state index in [-0.39, 0.29) is 16.5 Å². The Labute approximate surface area is 118 Å². The summed E-state index contributed by atoms with van der Waals surface area (Å²) < 4.78 is 13.4. The van der Waals surface area contributed by atoms with Gasteiger partial charge in [0.25, 0.3) is 5.69 Å². The number of nitro groups is 1. The standard InChI is InChI=1S/C15H21FN2O2/c1-9-6-11(12(18(19)20)7-10(9)16)17-8-13-14(2,3)15(13,4)5/h6-7,13,17H,8H2,1-5H3. The molecule has 0 saturated heterocycles. The van der Waals surface area contributed by atoms with Crippen molar-refractivity contribution < 1.29 is 9.31 Å². The van der Waals surface area contributed by atoms with Gasteiger partial charge in [-0.05, 0) is 35.3 Å². The molecule has 0 amide bonds. The maximum absolute atomic E-state index is 13.4. The summed E-state index contributed by atoms with van der Waals surface area (Å²) in [6.07, 6.45) is 0. The van der Waals surface area contributed by atoms with E-state index < -0.39 is 10.7 Å². The minimum Gasteiger partial charge on any atom is -0.379 e. The second kappa shape index (κ2) is 4.43. The monoisotopic (exact) mass is 280 g/mol. The second-order valence-corrected chi connectivity index (χ2v) is 6.75. The predicted molar refractivity (Wildman–Crippen MR) is 77.3 cm³/mol. The molecule has 0 unspecified atom stereocenters. The van der Waals surface area contributed by atoms with Crippen LogP contribution in [0.5, 0.6) is 0 Å². The number of halogens is 1. The molecule has 0 bridgehead atoms. The summed E-state index contributed by atoms with van der Waals surface area (Å²) in [7, 11) is 0. The van der Waals surface area contributed by atoms with Crippen molar-refractivity contribution in [3.63, 3.8) is 0 Å². The quantitative estimate of drug-likeness (QED) is 0.666. The lowest BCUT2D eigenvalue weighted by Gasteiger charge is -2.09. The number of aryl methyl sites for hydroxylation is 1. The van der Waals surface area contributed by atoms with Crippen molar-refractivity contribution in [3.05, 3.63) is 33.6 Å². The first-order valence-corrected chi connectivity index (χ1v) is 6.77. The first-order chi connectivity index (χ1) is 9.09. The molecule has 110 valence electrons. The molecule has 4 nitrogen and oxygen atoms in total. The van der Waals surface area contributed by atoms with Gasteiger partial charge in [0, 0.05) is 6.54 Å². The van der Waals surface area contributed by atoms with Gasteiger partial charge in [0.1, 0.15) is 11.5 Å². The van der Waals surface area contributed by atoms with Crippen LogP contribution in [0.15, 0.2) is 12.1 Å². The van der Waals surface area contributed by atoms with Crippen molar-refractivity contribution in [2.45, 2.75) is 34.6 Å². The van der Waals surface area contributed by atoms with Crippen molar-refractivity contribution >= 4 is 11.4 Å². The van der Waals surface area contributed by atoms with E-state index >= 15 is 0 Å². The molecule has 0 aliphatic heterocycles. The van der Waals surface area contributed by atoms with Gasteiger partial charge < -0.3 is 5.32 Å². The van der Waals surface area contributed by atoms with Crippen molar-refractivity contribution in [1.82, 2.24) is 0 Å². The first-order valence-electron chi connectivity index (χ1n) is 6.77. The molecule has 0 atom stereocenters. The van der Waals surface area contributed by atoms with Gasteiger partial charge in [-0.3, -0.25) is 10.1 Å². The van der Waals surface area contributed by atoms with Crippen LogP contribution in [0.2, 0.25) is 0 Å². The van der Waals surface area contributed by atoms with Gasteiger partial charge in [-0.2, -0.15) is 0 Å². The Kier molecular flexibility index (Phi) is 3.27. The van der Waals surface area contributed by atoms with Crippen molar-refractivity contribution in [1.29, 1.82) is 0 Å². The Balaban J connectivity index is 2.19. The van der Waals surface area contributed by atoms with E-state index in [4.69, 9.17) is 0 Å². The Morgan fingerprint density at radius 3 is 2.30 bits per heavy atom. The van der Waals surface area contributed by atoms with E-state index in [1.807, 2.05) is 0 Å². The molecule has 0 radical (unpaired) electrons. The molecule has 1 aromatic carbocycles. The molecule has 20 heavy (non-hydrogen) atoms. The van der Waals surface area contributed by atoms with Gasteiger partial charge in [-0.25, -0.2) is 4.39 Å². The molecular formula is C15H21FN2O2. The van der Waals surface area contributed by atoms with Crippen LogP contribution in [-0.2, 0) is 0 Å². The molecule has 1 N–H and O–H groups in total. The Bertz CT molecular complexity index is 553. The molecule has 1 aromatic rings. The number of nitrogens with one attached hydrogen (secondary N) is 1. The third-order valence-electron chi connectivity index (χ3n) is 5.29. The number of benzene rings is 1. The lowest BCUT2D eigenvalue weighted by molar-refractivity contribution is -0.384. The third kappa shape index (κ3) is 2.15. The number of rotatable bonds is 4. The molecular weight excluding hydrogens is 259 g/mol. The fourth-order valence-electron chi connectivity index (χ4n) is 3.02. The highest BCUT2D eigenvalue weighted by atomic mass is 19.1. The van der Waals surface area contributed by atoms with Gasteiger partial charge in [0.2, 0.25) is 0 Å². The minimum absolute atomic E-state index is 0.204. The summed E-state index contributed by atoms with van der Waals surface area (Å²) in [6.45, 7) is 11.1. The number of nitrogens with zero attached hydrogens (tertiary/aromatic N) is 1. The van der Waals surface area contributed by atoms with Gasteiger partial charge in [-0.1, -0.05) is 27.7 Å². The van der Waals surface area contributed by atoms with Gasteiger partial charge in [0.05, 0.1) is 11.0 Å².